The third-order valence-electron chi connectivity index (χ3n) is 5.79. The van der Waals surface area contributed by atoms with Crippen molar-refractivity contribution in [2.24, 2.45) is 0 Å². The van der Waals surface area contributed by atoms with Gasteiger partial charge in [0, 0.05) is 19.3 Å². The highest BCUT2D eigenvalue weighted by Crippen LogP contribution is 2.17. The molecule has 0 bridgehead atoms. The molecule has 28 heavy (non-hydrogen) atoms. The second-order valence-electron chi connectivity index (χ2n) is 8.49. The Morgan fingerprint density at radius 1 is 0.857 bits per heavy atom. The molecule has 4 nitrogen and oxygen atoms in total. The topological polar surface area (TPSA) is 49.4 Å². The summed E-state index contributed by atoms with van der Waals surface area (Å²) in [6, 6.07) is 0. The van der Waals surface area contributed by atoms with Gasteiger partial charge in [-0.15, -0.1) is 0 Å². The Bertz CT molecular complexity index is 403. The van der Waals surface area contributed by atoms with Crippen LogP contribution in [0.4, 0.5) is 0 Å². The van der Waals surface area contributed by atoms with Crippen molar-refractivity contribution in [2.45, 2.75) is 110 Å². The van der Waals surface area contributed by atoms with Crippen LogP contribution in [0.25, 0.3) is 0 Å². The molecule has 0 aromatic rings. The maximum atomic E-state index is 12.1. The van der Waals surface area contributed by atoms with E-state index in [0.717, 1.165) is 25.7 Å². The van der Waals surface area contributed by atoms with Crippen molar-refractivity contribution in [1.82, 2.24) is 0 Å². The summed E-state index contributed by atoms with van der Waals surface area (Å²) in [4.78, 5) is 11.7. The number of quaternary nitrogens is 1. The lowest BCUT2D eigenvalue weighted by Crippen LogP contribution is -2.41. The smallest absolute Gasteiger partial charge is 0.305 e. The third-order valence-corrected chi connectivity index (χ3v) is 5.79. The average molecular weight is 396 g/mol. The predicted molar refractivity (Wildman–Crippen MR) is 118 cm³/mol. The van der Waals surface area contributed by atoms with Gasteiger partial charge in [-0.05, 0) is 32.1 Å². The van der Waals surface area contributed by atoms with Gasteiger partial charge in [0.1, 0.15) is 13.2 Å². The van der Waals surface area contributed by atoms with Crippen LogP contribution in [0.3, 0.4) is 0 Å². The lowest BCUT2D eigenvalue weighted by molar-refractivity contribution is -0.868. The quantitative estimate of drug-likeness (QED) is 0.0855. The average Bonchev–Trinajstić information content (AvgIpc) is 3.11. The minimum Gasteiger partial charge on any atom is -0.633 e. The van der Waals surface area contributed by atoms with E-state index >= 15 is 0 Å². The summed E-state index contributed by atoms with van der Waals surface area (Å²) >= 11 is 0. The van der Waals surface area contributed by atoms with Gasteiger partial charge in [-0.3, -0.25) is 4.79 Å². The number of likely N-dealkylation sites (tertiary alicyclic amines) is 1. The second kappa shape index (κ2) is 17.0. The van der Waals surface area contributed by atoms with Crippen molar-refractivity contribution in [3.63, 3.8) is 0 Å². The largest absolute Gasteiger partial charge is 0.633 e. The molecule has 0 saturated carbocycles. The number of ether oxygens (including phenoxy) is 1. The van der Waals surface area contributed by atoms with E-state index in [-0.39, 0.29) is 17.2 Å². The van der Waals surface area contributed by atoms with Gasteiger partial charge < -0.3 is 14.6 Å². The molecule has 1 rings (SSSR count). The zero-order valence-corrected chi connectivity index (χ0v) is 18.5. The van der Waals surface area contributed by atoms with E-state index < -0.39 is 0 Å². The number of hydroxylamine groups is 3. The van der Waals surface area contributed by atoms with Crippen LogP contribution in [-0.4, -0.2) is 36.9 Å². The molecule has 4 heteroatoms. The van der Waals surface area contributed by atoms with E-state index in [9.17, 15) is 10.0 Å². The monoisotopic (exact) mass is 395 g/mol. The molecule has 0 amide bonds. The van der Waals surface area contributed by atoms with Gasteiger partial charge in [-0.1, -0.05) is 70.4 Å². The molecule has 0 spiro atoms. The van der Waals surface area contributed by atoms with Crippen molar-refractivity contribution in [2.75, 3.05) is 26.2 Å². The summed E-state index contributed by atoms with van der Waals surface area (Å²) in [6.07, 6.45) is 23.5. The highest BCUT2D eigenvalue weighted by molar-refractivity contribution is 5.69. The number of unbranched alkanes of at least 4 members (excludes halogenated alkanes) is 11. The van der Waals surface area contributed by atoms with Gasteiger partial charge >= 0.3 is 5.97 Å². The van der Waals surface area contributed by atoms with Crippen molar-refractivity contribution in [1.29, 1.82) is 0 Å². The molecule has 1 aliphatic rings. The number of rotatable bonds is 18. The first kappa shape index (κ1) is 25.2. The number of hydrogen-bond donors (Lipinski definition) is 0. The second-order valence-corrected chi connectivity index (χ2v) is 8.49. The highest BCUT2D eigenvalue weighted by atomic mass is 16.6. The van der Waals surface area contributed by atoms with Gasteiger partial charge in [0.25, 0.3) is 0 Å². The summed E-state index contributed by atoms with van der Waals surface area (Å²) in [5, 5.41) is 12.1. The van der Waals surface area contributed by atoms with Crippen LogP contribution in [0.1, 0.15) is 110 Å². The number of esters is 1. The summed E-state index contributed by atoms with van der Waals surface area (Å²) < 4.78 is 5.06. The molecular formula is C24H45NO3. The van der Waals surface area contributed by atoms with Crippen molar-refractivity contribution < 1.29 is 14.2 Å². The zero-order chi connectivity index (χ0) is 20.3. The van der Waals surface area contributed by atoms with Gasteiger partial charge in [-0.25, -0.2) is 0 Å². The molecule has 1 aliphatic heterocycles. The molecule has 1 saturated heterocycles. The Hall–Kier alpha value is -0.870. The maximum absolute atomic E-state index is 12.1. The Labute approximate surface area is 173 Å². The fraction of sp³-hybridized carbons (Fsp3) is 0.875. The summed E-state index contributed by atoms with van der Waals surface area (Å²) in [7, 11) is 0. The van der Waals surface area contributed by atoms with Crippen molar-refractivity contribution in [3.8, 4) is 0 Å². The van der Waals surface area contributed by atoms with Gasteiger partial charge in [0.2, 0.25) is 0 Å². The maximum Gasteiger partial charge on any atom is 0.305 e. The van der Waals surface area contributed by atoms with Gasteiger partial charge in [-0.2, -0.15) is 0 Å². The molecule has 0 atom stereocenters. The summed E-state index contributed by atoms with van der Waals surface area (Å²) in [5.41, 5.74) is 0. The van der Waals surface area contributed by atoms with E-state index in [2.05, 4.69) is 19.1 Å². The minimum atomic E-state index is -0.166. The van der Waals surface area contributed by atoms with E-state index in [4.69, 9.17) is 4.74 Å². The summed E-state index contributed by atoms with van der Waals surface area (Å²) in [6.45, 7) is 4.35. The third kappa shape index (κ3) is 14.2. The Balaban J connectivity index is 1.79. The highest BCUT2D eigenvalue weighted by Gasteiger charge is 2.22. The fourth-order valence-corrected chi connectivity index (χ4v) is 3.87. The summed E-state index contributed by atoms with van der Waals surface area (Å²) in [5.74, 6) is -0.136. The van der Waals surface area contributed by atoms with Crippen LogP contribution < -0.4 is 0 Å². The zero-order valence-electron chi connectivity index (χ0n) is 18.5. The Morgan fingerprint density at radius 2 is 1.39 bits per heavy atom. The lowest BCUT2D eigenvalue weighted by Gasteiger charge is -2.37. The number of nitrogens with zero attached hydrogens (tertiary/aromatic N) is 1. The van der Waals surface area contributed by atoms with Crippen LogP contribution in [-0.2, 0) is 9.53 Å². The number of carbonyl (C=O) groups excluding carboxylic acids is 1. The van der Waals surface area contributed by atoms with E-state index in [0.29, 0.717) is 26.1 Å². The molecule has 0 unspecified atom stereocenters. The fourth-order valence-electron chi connectivity index (χ4n) is 3.87. The Morgan fingerprint density at radius 3 is 2.00 bits per heavy atom. The van der Waals surface area contributed by atoms with Gasteiger partial charge in [0.05, 0.1) is 13.1 Å². The first-order valence-electron chi connectivity index (χ1n) is 12.0. The number of carbonyl (C=O) groups is 1. The van der Waals surface area contributed by atoms with Crippen LogP contribution in [0.5, 0.6) is 0 Å². The van der Waals surface area contributed by atoms with Crippen molar-refractivity contribution >= 4 is 5.97 Å². The molecule has 0 aromatic carbocycles. The standard InChI is InChI=1S/C24H45NO3/c1-2-3-4-5-6-7-8-9-10-11-12-13-14-15-16-19-24(26)28-23-22-25(27)20-17-18-21-25/h9-10H,2-8,11-23H2,1H3/b10-9-. The predicted octanol–water partition coefficient (Wildman–Crippen LogP) is 6.68. The normalized spacial score (nSPS) is 16.1. The SMILES string of the molecule is CCCCCCCC/C=C\CCCCCCCC(=O)OCC[N+]1([O-])CCCC1. The van der Waals surface area contributed by atoms with Crippen LogP contribution >= 0.6 is 0 Å². The molecule has 164 valence electrons. The lowest BCUT2D eigenvalue weighted by atomic mass is 10.1. The van der Waals surface area contributed by atoms with E-state index in [1.807, 2.05) is 0 Å². The number of allylic oxidation sites excluding steroid dienone is 2. The molecular weight excluding hydrogens is 350 g/mol. The number of hydrogen-bond acceptors (Lipinski definition) is 3. The van der Waals surface area contributed by atoms with Crippen LogP contribution in [0.2, 0.25) is 0 Å². The van der Waals surface area contributed by atoms with Crippen molar-refractivity contribution in [3.05, 3.63) is 17.4 Å². The molecule has 0 N–H and O–H groups in total. The molecule has 0 aliphatic carbocycles. The molecule has 0 aromatic heterocycles. The first-order valence-corrected chi connectivity index (χ1v) is 12.0. The van der Waals surface area contributed by atoms with Crippen LogP contribution in [0, 0.1) is 5.21 Å². The van der Waals surface area contributed by atoms with Gasteiger partial charge in [0.15, 0.2) is 0 Å². The minimum absolute atomic E-state index is 0.136. The molecule has 1 heterocycles. The van der Waals surface area contributed by atoms with E-state index in [1.54, 1.807) is 0 Å². The Kier molecular flexibility index (Phi) is 15.3. The first-order chi connectivity index (χ1) is 13.7. The van der Waals surface area contributed by atoms with E-state index in [1.165, 1.54) is 70.6 Å². The van der Waals surface area contributed by atoms with Crippen LogP contribution in [0.15, 0.2) is 12.2 Å². The molecule has 0 radical (unpaired) electrons. The molecule has 1 fully saturated rings.